The number of aliphatic hydroxyl groups is 1. The number of hydrogen-bond donors (Lipinski definition) is 15. The van der Waals surface area contributed by atoms with Gasteiger partial charge < -0.3 is 85.1 Å². The molecule has 0 unspecified atom stereocenters. The van der Waals surface area contributed by atoms with E-state index in [0.29, 0.717) is 12.0 Å². The monoisotopic (exact) mass is 1080 g/mol. The number of amides is 9. The van der Waals surface area contributed by atoms with E-state index < -0.39 is 151 Å². The Labute approximate surface area is 440 Å². The third kappa shape index (κ3) is 21.7. The van der Waals surface area contributed by atoms with Gasteiger partial charge in [0.15, 0.2) is 5.96 Å². The number of carboxylic acids is 2. The van der Waals surface area contributed by atoms with Crippen LogP contribution in [0.5, 0.6) is 5.75 Å². The summed E-state index contributed by atoms with van der Waals surface area (Å²) in [4.78, 5) is 149. The first-order valence-electron chi connectivity index (χ1n) is 24.9. The molecule has 76 heavy (non-hydrogen) atoms. The fourth-order valence-electron chi connectivity index (χ4n) is 7.82. The zero-order valence-electron chi connectivity index (χ0n) is 43.9. The van der Waals surface area contributed by atoms with Crippen molar-refractivity contribution in [3.63, 3.8) is 0 Å². The first-order chi connectivity index (χ1) is 35.6. The number of phenols is 1. The van der Waals surface area contributed by atoms with Crippen LogP contribution in [0.1, 0.15) is 92.6 Å². The van der Waals surface area contributed by atoms with Gasteiger partial charge in [-0.05, 0) is 74.5 Å². The maximum Gasteiger partial charge on any atom is 0.326 e. The van der Waals surface area contributed by atoms with Crippen LogP contribution in [0.4, 0.5) is 0 Å². The number of phenolic OH excluding ortho intramolecular Hbond substituents is 1. The highest BCUT2D eigenvalue weighted by molar-refractivity contribution is 5.98. The predicted octanol–water partition coefficient (Wildman–Crippen LogP) is -4.25. The van der Waals surface area contributed by atoms with Gasteiger partial charge in [0.1, 0.15) is 54.1 Å². The number of carbonyl (C=O) groups excluding carboxylic acids is 9. The van der Waals surface area contributed by atoms with Gasteiger partial charge >= 0.3 is 11.9 Å². The molecule has 1 aliphatic rings. The normalized spacial score (nSPS) is 16.3. The molecule has 0 radical (unpaired) electrons. The minimum Gasteiger partial charge on any atom is -0.508 e. The number of guanidine groups is 1. The van der Waals surface area contributed by atoms with Crippen molar-refractivity contribution in [1.82, 2.24) is 47.4 Å². The van der Waals surface area contributed by atoms with Crippen molar-refractivity contribution in [1.29, 1.82) is 0 Å². The van der Waals surface area contributed by atoms with Crippen molar-refractivity contribution in [2.24, 2.45) is 39.9 Å². The summed E-state index contributed by atoms with van der Waals surface area (Å²) in [6.07, 6.45) is -0.322. The van der Waals surface area contributed by atoms with Crippen molar-refractivity contribution in [3.05, 3.63) is 29.8 Å². The van der Waals surface area contributed by atoms with Crippen LogP contribution in [0.3, 0.4) is 0 Å². The number of aliphatic imine (C=N–C) groups is 1. The molecule has 0 aliphatic carbocycles. The Hall–Kier alpha value is -7.62. The van der Waals surface area contributed by atoms with Crippen molar-refractivity contribution < 1.29 is 73.2 Å². The molecule has 28 heteroatoms. The van der Waals surface area contributed by atoms with Crippen LogP contribution in [0.25, 0.3) is 0 Å². The molecule has 18 N–H and O–H groups in total. The van der Waals surface area contributed by atoms with Gasteiger partial charge in [-0.3, -0.25) is 52.9 Å². The van der Waals surface area contributed by atoms with E-state index in [0.717, 1.165) is 0 Å². The number of nitrogens with two attached hydrogens (primary N) is 3. The molecule has 0 spiro atoms. The van der Waals surface area contributed by atoms with E-state index in [9.17, 15) is 68.1 Å². The van der Waals surface area contributed by atoms with Gasteiger partial charge in [-0.25, -0.2) is 4.79 Å². The number of benzene rings is 1. The Morgan fingerprint density at radius 1 is 0.697 bits per heavy atom. The molecular weight excluding hydrogens is 999 g/mol. The van der Waals surface area contributed by atoms with Crippen LogP contribution in [-0.2, 0) is 59.2 Å². The number of carboxylic acid groups (broad SMARTS) is 2. The van der Waals surface area contributed by atoms with E-state index in [1.165, 1.54) is 36.1 Å². The summed E-state index contributed by atoms with van der Waals surface area (Å²) in [7, 11) is 0. The zero-order valence-corrected chi connectivity index (χ0v) is 43.9. The molecule has 0 aromatic heterocycles. The molecule has 2 rings (SSSR count). The average molecular weight is 1080 g/mol. The molecule has 1 aliphatic heterocycles. The highest BCUT2D eigenvalue weighted by Crippen LogP contribution is 2.21. The largest absolute Gasteiger partial charge is 0.508 e. The van der Waals surface area contributed by atoms with Crippen LogP contribution in [0.2, 0.25) is 0 Å². The van der Waals surface area contributed by atoms with Crippen molar-refractivity contribution in [3.8, 4) is 5.75 Å². The quantitative estimate of drug-likeness (QED) is 0.0190. The third-order valence-electron chi connectivity index (χ3n) is 12.0. The standard InChI is InChI=1S/C48H77N13O15/c1-23(2)18-31(56-40(68)29(49)20-36(65)66)41(69)53-21-35(64)59-37(24(3)4)45(73)55-30(10-8-16-52-48(50)51)46(74)61-17-9-11-34(61)44(72)58-33(22-62)43(71)57-32(19-27-12-14-28(63)15-13-27)42(70)54-26(7)39(67)60-38(25(5)6)47(75)76/h12-15,23-26,29-34,37-38,62-63H,8-11,16-22,49H2,1-7H3,(H,53,69)(H,54,70)(H,55,73)(H,56,68)(H,57,71)(H,58,72)(H,59,64)(H,60,67)(H,65,66)(H,75,76)(H4,50,51,52)/t26-,29-,30-,31-,32-,33-,34-,37-,38-/m0/s1. The first kappa shape index (κ1) is 64.5. The van der Waals surface area contributed by atoms with Gasteiger partial charge in [0.05, 0.1) is 25.6 Å². The number of aliphatic hydroxyl groups excluding tert-OH is 1. The molecule has 9 atom stereocenters. The second kappa shape index (κ2) is 31.3. The summed E-state index contributed by atoms with van der Waals surface area (Å²) in [6.45, 7) is 9.62. The second-order valence-corrected chi connectivity index (χ2v) is 19.6. The molecule has 0 bridgehead atoms. The number of nitrogens with one attached hydrogen (secondary N) is 8. The molecule has 1 aromatic rings. The van der Waals surface area contributed by atoms with Gasteiger partial charge in [-0.15, -0.1) is 0 Å². The third-order valence-corrected chi connectivity index (χ3v) is 12.0. The zero-order chi connectivity index (χ0) is 57.6. The lowest BCUT2D eigenvalue weighted by Gasteiger charge is -2.31. The van der Waals surface area contributed by atoms with Crippen LogP contribution in [-0.4, -0.2) is 177 Å². The minimum atomic E-state index is -1.69. The Kier molecular flexibility index (Phi) is 26.6. The first-order valence-corrected chi connectivity index (χ1v) is 24.9. The summed E-state index contributed by atoms with van der Waals surface area (Å²) in [5.74, 6) is -11.8. The summed E-state index contributed by atoms with van der Waals surface area (Å²) in [6, 6.07) is -6.58. The average Bonchev–Trinajstić information content (AvgIpc) is 3.83. The molecule has 9 amide bonds. The number of aromatic hydroxyl groups is 1. The number of likely N-dealkylation sites (tertiary alicyclic amines) is 1. The van der Waals surface area contributed by atoms with Gasteiger partial charge in [-0.2, -0.15) is 0 Å². The van der Waals surface area contributed by atoms with Gasteiger partial charge in [-0.1, -0.05) is 53.7 Å². The van der Waals surface area contributed by atoms with Crippen molar-refractivity contribution in [2.75, 3.05) is 26.2 Å². The fourth-order valence-corrected chi connectivity index (χ4v) is 7.82. The topological polar surface area (TPSA) is 459 Å². The number of hydrogen-bond acceptors (Lipinski definition) is 15. The van der Waals surface area contributed by atoms with E-state index in [4.69, 9.17) is 22.3 Å². The fraction of sp³-hybridized carbons (Fsp3) is 0.625. The highest BCUT2D eigenvalue weighted by atomic mass is 16.4. The van der Waals surface area contributed by atoms with E-state index in [-0.39, 0.29) is 62.8 Å². The number of rotatable bonds is 31. The lowest BCUT2D eigenvalue weighted by Crippen LogP contribution is -2.60. The lowest BCUT2D eigenvalue weighted by atomic mass is 10.0. The smallest absolute Gasteiger partial charge is 0.326 e. The van der Waals surface area contributed by atoms with Crippen LogP contribution in [0.15, 0.2) is 29.3 Å². The van der Waals surface area contributed by atoms with Gasteiger partial charge in [0.2, 0.25) is 53.2 Å². The molecule has 28 nitrogen and oxygen atoms in total. The van der Waals surface area contributed by atoms with Crippen LogP contribution < -0.4 is 59.7 Å². The maximum absolute atomic E-state index is 14.4. The van der Waals surface area contributed by atoms with E-state index in [2.05, 4.69) is 47.5 Å². The molecule has 1 fully saturated rings. The number of carbonyl (C=O) groups is 11. The highest BCUT2D eigenvalue weighted by Gasteiger charge is 2.40. The summed E-state index contributed by atoms with van der Waals surface area (Å²) < 4.78 is 0. The Morgan fingerprint density at radius 3 is 1.84 bits per heavy atom. The molecule has 1 saturated heterocycles. The van der Waals surface area contributed by atoms with E-state index in [1.54, 1.807) is 41.5 Å². The SMILES string of the molecule is CC(C)C[C@H](NC(=O)[C@@H](N)CC(=O)O)C(=O)NCC(=O)N[C@H](C(=O)N[C@@H](CCCN=C(N)N)C(=O)N1CCC[C@H]1C(=O)N[C@@H](CO)C(=O)N[C@@H](Cc1ccc(O)cc1)C(=O)N[C@@H](C)C(=O)N[C@H](C(=O)O)C(C)C)C(C)C. The lowest BCUT2D eigenvalue weighted by molar-refractivity contribution is -0.143. The summed E-state index contributed by atoms with van der Waals surface area (Å²) in [5, 5.41) is 58.4. The van der Waals surface area contributed by atoms with Crippen molar-refractivity contribution in [2.45, 2.75) is 148 Å². The molecule has 1 heterocycles. The van der Waals surface area contributed by atoms with E-state index in [1.807, 2.05) is 0 Å². The van der Waals surface area contributed by atoms with Gasteiger partial charge in [0, 0.05) is 19.5 Å². The molecular formula is C48H77N13O15. The minimum absolute atomic E-state index is 0.0198. The van der Waals surface area contributed by atoms with Crippen LogP contribution in [0, 0.1) is 17.8 Å². The van der Waals surface area contributed by atoms with Crippen LogP contribution >= 0.6 is 0 Å². The Bertz CT molecular complexity index is 2240. The van der Waals surface area contributed by atoms with Crippen molar-refractivity contribution >= 4 is 71.1 Å². The Balaban J connectivity index is 2.29. The molecule has 424 valence electrons. The Morgan fingerprint density at radius 2 is 1.29 bits per heavy atom. The maximum atomic E-state index is 14.4. The summed E-state index contributed by atoms with van der Waals surface area (Å²) >= 11 is 0. The number of nitrogens with zero attached hydrogens (tertiary/aromatic N) is 2. The predicted molar refractivity (Wildman–Crippen MR) is 273 cm³/mol. The molecule has 1 aromatic carbocycles. The number of aliphatic carboxylic acids is 2. The van der Waals surface area contributed by atoms with Gasteiger partial charge in [0.25, 0.3) is 0 Å². The second-order valence-electron chi connectivity index (χ2n) is 19.6. The summed E-state index contributed by atoms with van der Waals surface area (Å²) in [5.41, 5.74) is 17.1. The molecule has 0 saturated carbocycles. The van der Waals surface area contributed by atoms with E-state index >= 15 is 0 Å².